The number of nitrogens with two attached hydrogens (primary N) is 1. The van der Waals surface area contributed by atoms with Gasteiger partial charge in [0.15, 0.2) is 0 Å². The molecule has 0 spiro atoms. The first-order valence-corrected chi connectivity index (χ1v) is 6.02. The molecular formula is C13H17FN2O2. The van der Waals surface area contributed by atoms with Crippen LogP contribution in [0, 0.1) is 12.7 Å². The number of ether oxygens (including phenoxy) is 1. The molecular weight excluding hydrogens is 235 g/mol. The summed E-state index contributed by atoms with van der Waals surface area (Å²) in [5.74, 6) is -0.575. The molecule has 1 aliphatic rings. The van der Waals surface area contributed by atoms with E-state index in [2.05, 4.69) is 5.32 Å². The van der Waals surface area contributed by atoms with E-state index in [0.29, 0.717) is 24.2 Å². The minimum Gasteiger partial charge on any atom is -0.364 e. The van der Waals surface area contributed by atoms with E-state index in [0.717, 1.165) is 6.42 Å². The smallest absolute Gasteiger partial charge is 0.253 e. The lowest BCUT2D eigenvalue weighted by molar-refractivity contribution is -0.126. The zero-order chi connectivity index (χ0) is 13.1. The van der Waals surface area contributed by atoms with E-state index < -0.39 is 6.10 Å². The van der Waals surface area contributed by atoms with Gasteiger partial charge in [0.1, 0.15) is 11.9 Å². The summed E-state index contributed by atoms with van der Waals surface area (Å²) in [5.41, 5.74) is 6.48. The maximum Gasteiger partial charge on any atom is 0.253 e. The zero-order valence-corrected chi connectivity index (χ0v) is 10.3. The van der Waals surface area contributed by atoms with Crippen molar-refractivity contribution in [1.29, 1.82) is 0 Å². The molecule has 0 aliphatic carbocycles. The van der Waals surface area contributed by atoms with Gasteiger partial charge in [-0.3, -0.25) is 4.79 Å². The summed E-state index contributed by atoms with van der Waals surface area (Å²) < 4.78 is 18.8. The van der Waals surface area contributed by atoms with E-state index >= 15 is 0 Å². The molecule has 1 aromatic rings. The van der Waals surface area contributed by atoms with Crippen LogP contribution in [-0.2, 0) is 9.53 Å². The number of hydrogen-bond acceptors (Lipinski definition) is 3. The second-order valence-electron chi connectivity index (χ2n) is 4.51. The second kappa shape index (κ2) is 5.46. The summed E-state index contributed by atoms with van der Waals surface area (Å²) in [6, 6.07) is 4.61. The van der Waals surface area contributed by atoms with Crippen molar-refractivity contribution in [2.45, 2.75) is 32.0 Å². The monoisotopic (exact) mass is 252 g/mol. The number of anilines is 1. The Bertz CT molecular complexity index is 451. The van der Waals surface area contributed by atoms with Gasteiger partial charge in [0.05, 0.1) is 6.10 Å². The molecule has 3 N–H and O–H groups in total. The fourth-order valence-corrected chi connectivity index (χ4v) is 1.97. The number of carbonyl (C=O) groups is 1. The van der Waals surface area contributed by atoms with Crippen LogP contribution < -0.4 is 11.1 Å². The molecule has 1 fully saturated rings. The van der Waals surface area contributed by atoms with Gasteiger partial charge in [0, 0.05) is 12.2 Å². The van der Waals surface area contributed by atoms with E-state index in [-0.39, 0.29) is 17.8 Å². The lowest BCUT2D eigenvalue weighted by Crippen LogP contribution is -2.29. The Kier molecular flexibility index (Phi) is 3.93. The molecule has 18 heavy (non-hydrogen) atoms. The van der Waals surface area contributed by atoms with Crippen molar-refractivity contribution >= 4 is 11.6 Å². The highest BCUT2D eigenvalue weighted by molar-refractivity contribution is 5.94. The molecule has 0 radical (unpaired) electrons. The zero-order valence-electron chi connectivity index (χ0n) is 10.3. The number of halogens is 1. The first kappa shape index (κ1) is 13.0. The molecule has 1 heterocycles. The number of benzene rings is 1. The van der Waals surface area contributed by atoms with E-state index in [1.807, 2.05) is 0 Å². The Labute approximate surface area is 105 Å². The molecule has 2 rings (SSSR count). The van der Waals surface area contributed by atoms with Crippen LogP contribution in [0.1, 0.15) is 18.4 Å². The van der Waals surface area contributed by atoms with Crippen LogP contribution in [0.3, 0.4) is 0 Å². The van der Waals surface area contributed by atoms with E-state index in [1.165, 1.54) is 6.07 Å². The van der Waals surface area contributed by atoms with Crippen LogP contribution in [-0.4, -0.2) is 24.7 Å². The van der Waals surface area contributed by atoms with Crippen molar-refractivity contribution in [2.24, 2.45) is 5.73 Å². The minimum absolute atomic E-state index is 0.0458. The van der Waals surface area contributed by atoms with Gasteiger partial charge in [-0.15, -0.1) is 0 Å². The van der Waals surface area contributed by atoms with Gasteiger partial charge in [-0.05, 0) is 37.5 Å². The highest BCUT2D eigenvalue weighted by atomic mass is 19.1. The molecule has 1 saturated heterocycles. The Morgan fingerprint density at radius 1 is 1.56 bits per heavy atom. The summed E-state index contributed by atoms with van der Waals surface area (Å²) in [4.78, 5) is 11.9. The predicted molar refractivity (Wildman–Crippen MR) is 66.7 cm³/mol. The van der Waals surface area contributed by atoms with Gasteiger partial charge >= 0.3 is 0 Å². The van der Waals surface area contributed by atoms with Crippen LogP contribution in [0.5, 0.6) is 0 Å². The average molecular weight is 252 g/mol. The quantitative estimate of drug-likeness (QED) is 0.858. The Morgan fingerprint density at radius 2 is 2.33 bits per heavy atom. The minimum atomic E-state index is -0.483. The molecule has 98 valence electrons. The summed E-state index contributed by atoms with van der Waals surface area (Å²) in [6.45, 7) is 2.09. The fourth-order valence-electron chi connectivity index (χ4n) is 1.97. The molecule has 0 saturated carbocycles. The lowest BCUT2D eigenvalue weighted by atomic mass is 10.1. The lowest BCUT2D eigenvalue weighted by Gasteiger charge is -2.13. The molecule has 5 heteroatoms. The van der Waals surface area contributed by atoms with Crippen molar-refractivity contribution in [1.82, 2.24) is 0 Å². The van der Waals surface area contributed by atoms with E-state index in [9.17, 15) is 9.18 Å². The fraction of sp³-hybridized carbons (Fsp3) is 0.462. The van der Waals surface area contributed by atoms with E-state index in [1.54, 1.807) is 19.1 Å². The summed E-state index contributed by atoms with van der Waals surface area (Å²) in [5, 5.41) is 2.65. The van der Waals surface area contributed by atoms with Crippen LogP contribution in [0.2, 0.25) is 0 Å². The average Bonchev–Trinajstić information content (AvgIpc) is 2.82. The standard InChI is InChI=1S/C13H17FN2O2/c1-8-2-3-9(6-11(8)14)16-13(17)12-5-4-10(7-15)18-12/h2-3,6,10,12H,4-5,7,15H2,1H3,(H,16,17)/t10-,12+/m1/s1. The highest BCUT2D eigenvalue weighted by Crippen LogP contribution is 2.21. The first-order valence-electron chi connectivity index (χ1n) is 6.02. The summed E-state index contributed by atoms with van der Waals surface area (Å²) >= 11 is 0. The third-order valence-electron chi connectivity index (χ3n) is 3.10. The summed E-state index contributed by atoms with van der Waals surface area (Å²) in [6.07, 6.45) is 0.914. The van der Waals surface area contributed by atoms with Crippen molar-refractivity contribution in [3.63, 3.8) is 0 Å². The van der Waals surface area contributed by atoms with Gasteiger partial charge in [-0.1, -0.05) is 6.07 Å². The molecule has 1 aliphatic heterocycles. The van der Waals surface area contributed by atoms with Gasteiger partial charge in [0.2, 0.25) is 0 Å². The molecule has 0 bridgehead atoms. The highest BCUT2D eigenvalue weighted by Gasteiger charge is 2.29. The van der Waals surface area contributed by atoms with Crippen molar-refractivity contribution in [3.8, 4) is 0 Å². The number of carbonyl (C=O) groups excluding carboxylic acids is 1. The Morgan fingerprint density at radius 3 is 2.94 bits per heavy atom. The van der Waals surface area contributed by atoms with Crippen LogP contribution in [0.25, 0.3) is 0 Å². The number of rotatable bonds is 3. The van der Waals surface area contributed by atoms with Gasteiger partial charge in [0.25, 0.3) is 5.91 Å². The Hall–Kier alpha value is -1.46. The van der Waals surface area contributed by atoms with Crippen molar-refractivity contribution in [3.05, 3.63) is 29.6 Å². The van der Waals surface area contributed by atoms with E-state index in [4.69, 9.17) is 10.5 Å². The second-order valence-corrected chi connectivity index (χ2v) is 4.51. The molecule has 0 aromatic heterocycles. The predicted octanol–water partition coefficient (Wildman–Crippen LogP) is 1.58. The van der Waals surface area contributed by atoms with Gasteiger partial charge in [-0.2, -0.15) is 0 Å². The molecule has 0 unspecified atom stereocenters. The number of amides is 1. The van der Waals surface area contributed by atoms with Crippen molar-refractivity contribution in [2.75, 3.05) is 11.9 Å². The number of hydrogen-bond donors (Lipinski definition) is 2. The number of aryl methyl sites for hydroxylation is 1. The van der Waals surface area contributed by atoms with Gasteiger partial charge < -0.3 is 15.8 Å². The molecule has 2 atom stereocenters. The normalized spacial score (nSPS) is 23.1. The maximum atomic E-state index is 13.3. The van der Waals surface area contributed by atoms with Gasteiger partial charge in [-0.25, -0.2) is 4.39 Å². The van der Waals surface area contributed by atoms with Crippen LogP contribution >= 0.6 is 0 Å². The molecule has 1 amide bonds. The maximum absolute atomic E-state index is 13.3. The third kappa shape index (κ3) is 2.86. The third-order valence-corrected chi connectivity index (χ3v) is 3.10. The van der Waals surface area contributed by atoms with Crippen LogP contribution in [0.4, 0.5) is 10.1 Å². The van der Waals surface area contributed by atoms with Crippen molar-refractivity contribution < 1.29 is 13.9 Å². The first-order chi connectivity index (χ1) is 8.60. The van der Waals surface area contributed by atoms with Crippen LogP contribution in [0.15, 0.2) is 18.2 Å². The Balaban J connectivity index is 1.97. The number of nitrogens with one attached hydrogen (secondary N) is 1. The molecule has 4 nitrogen and oxygen atoms in total. The summed E-state index contributed by atoms with van der Waals surface area (Å²) in [7, 11) is 0. The topological polar surface area (TPSA) is 64.4 Å². The SMILES string of the molecule is Cc1ccc(NC(=O)[C@@H]2CC[C@H](CN)O2)cc1F. The molecule has 1 aromatic carbocycles. The largest absolute Gasteiger partial charge is 0.364 e.